The van der Waals surface area contributed by atoms with Crippen molar-refractivity contribution >= 4 is 15.6 Å². The van der Waals surface area contributed by atoms with Crippen molar-refractivity contribution in [2.24, 2.45) is 0 Å². The van der Waals surface area contributed by atoms with Gasteiger partial charge in [0.05, 0.1) is 4.90 Å². The number of sulfone groups is 1. The Labute approximate surface area is 92.9 Å². The summed E-state index contributed by atoms with van der Waals surface area (Å²) in [5.41, 5.74) is 0. The van der Waals surface area contributed by atoms with Crippen LogP contribution in [0.25, 0.3) is 0 Å². The van der Waals surface area contributed by atoms with Crippen molar-refractivity contribution < 1.29 is 22.7 Å². The fourth-order valence-corrected chi connectivity index (χ4v) is 2.69. The van der Waals surface area contributed by atoms with E-state index in [2.05, 4.69) is 0 Å². The number of carbonyl (C=O) groups is 1. The molecule has 6 heteroatoms. The van der Waals surface area contributed by atoms with Gasteiger partial charge in [-0.15, -0.1) is 0 Å². The normalized spacial score (nSPS) is 13.8. The van der Waals surface area contributed by atoms with Crippen molar-refractivity contribution in [1.82, 2.24) is 0 Å². The van der Waals surface area contributed by atoms with Crippen LogP contribution in [0.3, 0.4) is 0 Å². The standard InChI is InChI=1S/C10H10O5S/c1-7(11)5-16(12,13)8-2-3-9-10(4-8)15-6-14-9/h2-4H,5-6H2,1H3. The van der Waals surface area contributed by atoms with Crippen LogP contribution in [0.1, 0.15) is 6.92 Å². The summed E-state index contributed by atoms with van der Waals surface area (Å²) in [6.07, 6.45) is 0. The maximum atomic E-state index is 11.7. The molecule has 5 nitrogen and oxygen atoms in total. The summed E-state index contributed by atoms with van der Waals surface area (Å²) in [6, 6.07) is 4.31. The third-order valence-electron chi connectivity index (χ3n) is 2.10. The monoisotopic (exact) mass is 242 g/mol. The minimum atomic E-state index is -3.57. The molecule has 0 N–H and O–H groups in total. The highest BCUT2D eigenvalue weighted by molar-refractivity contribution is 7.92. The Bertz CT molecular complexity index is 532. The summed E-state index contributed by atoms with van der Waals surface area (Å²) >= 11 is 0. The van der Waals surface area contributed by atoms with Crippen LogP contribution in [-0.4, -0.2) is 26.7 Å². The first kappa shape index (κ1) is 10.9. The van der Waals surface area contributed by atoms with Crippen LogP contribution < -0.4 is 9.47 Å². The predicted octanol–water partition coefficient (Wildman–Crippen LogP) is 0.778. The van der Waals surface area contributed by atoms with Crippen LogP contribution in [0, 0.1) is 0 Å². The van der Waals surface area contributed by atoms with Gasteiger partial charge in [-0.3, -0.25) is 4.79 Å². The molecule has 0 bridgehead atoms. The molecule has 2 rings (SSSR count). The van der Waals surface area contributed by atoms with E-state index in [0.717, 1.165) is 0 Å². The molecule has 1 aromatic carbocycles. The highest BCUT2D eigenvalue weighted by atomic mass is 32.2. The summed E-state index contributed by atoms with van der Waals surface area (Å²) in [5.74, 6) is 0.0242. The van der Waals surface area contributed by atoms with E-state index in [4.69, 9.17) is 9.47 Å². The molecule has 0 spiro atoms. The zero-order valence-electron chi connectivity index (χ0n) is 8.60. The van der Waals surface area contributed by atoms with Crippen LogP contribution in [0.15, 0.2) is 23.1 Å². The molecule has 0 radical (unpaired) electrons. The van der Waals surface area contributed by atoms with E-state index in [0.29, 0.717) is 11.5 Å². The van der Waals surface area contributed by atoms with Gasteiger partial charge >= 0.3 is 0 Å². The summed E-state index contributed by atoms with van der Waals surface area (Å²) in [5, 5.41) is 0. The summed E-state index contributed by atoms with van der Waals surface area (Å²) in [4.78, 5) is 10.9. The first-order valence-electron chi connectivity index (χ1n) is 4.61. The van der Waals surface area contributed by atoms with Gasteiger partial charge in [-0.25, -0.2) is 8.42 Å². The number of ether oxygens (including phenoxy) is 2. The molecule has 1 aliphatic rings. The van der Waals surface area contributed by atoms with Gasteiger partial charge in [-0.2, -0.15) is 0 Å². The number of carbonyl (C=O) groups excluding carboxylic acids is 1. The van der Waals surface area contributed by atoms with Gasteiger partial charge in [0, 0.05) is 6.07 Å². The van der Waals surface area contributed by atoms with Crippen molar-refractivity contribution in [2.45, 2.75) is 11.8 Å². The molecule has 1 heterocycles. The van der Waals surface area contributed by atoms with E-state index >= 15 is 0 Å². The number of hydrogen-bond acceptors (Lipinski definition) is 5. The Kier molecular flexibility index (Phi) is 2.59. The first-order chi connectivity index (χ1) is 7.49. The third-order valence-corrected chi connectivity index (χ3v) is 3.86. The van der Waals surface area contributed by atoms with Gasteiger partial charge in [0.1, 0.15) is 11.5 Å². The van der Waals surface area contributed by atoms with E-state index in [1.165, 1.54) is 25.1 Å². The van der Waals surface area contributed by atoms with Crippen LogP contribution in [0.2, 0.25) is 0 Å². The number of Topliss-reactive ketones (excluding diaryl/α,β-unsaturated/α-hetero) is 1. The molecule has 16 heavy (non-hydrogen) atoms. The second-order valence-electron chi connectivity index (χ2n) is 3.48. The van der Waals surface area contributed by atoms with Gasteiger partial charge in [-0.05, 0) is 19.1 Å². The van der Waals surface area contributed by atoms with E-state index in [1.54, 1.807) is 0 Å². The molecule has 0 fully saturated rings. The van der Waals surface area contributed by atoms with Crippen LogP contribution in [0.5, 0.6) is 11.5 Å². The zero-order valence-corrected chi connectivity index (χ0v) is 9.41. The summed E-state index contributed by atoms with van der Waals surface area (Å²) in [6.45, 7) is 1.33. The molecule has 0 amide bonds. The molecule has 0 atom stereocenters. The Hall–Kier alpha value is -1.56. The summed E-state index contributed by atoms with van der Waals surface area (Å²) < 4.78 is 33.6. The fraction of sp³-hybridized carbons (Fsp3) is 0.300. The van der Waals surface area contributed by atoms with Gasteiger partial charge in [0.2, 0.25) is 6.79 Å². The molecule has 0 unspecified atom stereocenters. The first-order valence-corrected chi connectivity index (χ1v) is 6.26. The average Bonchev–Trinajstić information content (AvgIpc) is 2.61. The molecule has 0 saturated carbocycles. The largest absolute Gasteiger partial charge is 0.454 e. The second kappa shape index (κ2) is 3.79. The zero-order chi connectivity index (χ0) is 11.8. The van der Waals surface area contributed by atoms with Gasteiger partial charge in [0.15, 0.2) is 21.3 Å². The number of fused-ring (bicyclic) bond motifs is 1. The molecule has 0 aromatic heterocycles. The lowest BCUT2D eigenvalue weighted by atomic mass is 10.3. The predicted molar refractivity (Wildman–Crippen MR) is 55.3 cm³/mol. The van der Waals surface area contributed by atoms with Crippen molar-refractivity contribution in [3.05, 3.63) is 18.2 Å². The Morgan fingerprint density at radius 3 is 2.69 bits per heavy atom. The molecular weight excluding hydrogens is 232 g/mol. The highest BCUT2D eigenvalue weighted by Crippen LogP contribution is 2.34. The maximum absolute atomic E-state index is 11.7. The highest BCUT2D eigenvalue weighted by Gasteiger charge is 2.21. The van der Waals surface area contributed by atoms with Crippen LogP contribution in [0.4, 0.5) is 0 Å². The van der Waals surface area contributed by atoms with Crippen LogP contribution in [-0.2, 0) is 14.6 Å². The molecule has 0 aliphatic carbocycles. The van der Waals surface area contributed by atoms with Gasteiger partial charge < -0.3 is 9.47 Å². The number of ketones is 1. The Morgan fingerprint density at radius 2 is 2.00 bits per heavy atom. The van der Waals surface area contributed by atoms with E-state index in [-0.39, 0.29) is 11.7 Å². The topological polar surface area (TPSA) is 69.7 Å². The van der Waals surface area contributed by atoms with E-state index in [1.807, 2.05) is 0 Å². The minimum absolute atomic E-state index is 0.0759. The number of rotatable bonds is 3. The quantitative estimate of drug-likeness (QED) is 0.783. The molecule has 1 aromatic rings. The second-order valence-corrected chi connectivity index (χ2v) is 5.47. The SMILES string of the molecule is CC(=O)CS(=O)(=O)c1ccc2c(c1)OCO2. The Balaban J connectivity index is 2.38. The van der Waals surface area contributed by atoms with Crippen molar-refractivity contribution in [3.63, 3.8) is 0 Å². The van der Waals surface area contributed by atoms with Gasteiger partial charge in [0.25, 0.3) is 0 Å². The van der Waals surface area contributed by atoms with Crippen molar-refractivity contribution in [1.29, 1.82) is 0 Å². The maximum Gasteiger partial charge on any atom is 0.231 e. The van der Waals surface area contributed by atoms with Crippen molar-refractivity contribution in [2.75, 3.05) is 12.5 Å². The average molecular weight is 242 g/mol. The Morgan fingerprint density at radius 1 is 1.31 bits per heavy atom. The molecule has 1 aliphatic heterocycles. The van der Waals surface area contributed by atoms with Crippen LogP contribution >= 0.6 is 0 Å². The lowest BCUT2D eigenvalue weighted by Gasteiger charge is -2.03. The summed E-state index contributed by atoms with van der Waals surface area (Å²) in [7, 11) is -3.57. The lowest BCUT2D eigenvalue weighted by Crippen LogP contribution is -2.13. The van der Waals surface area contributed by atoms with E-state index in [9.17, 15) is 13.2 Å². The smallest absolute Gasteiger partial charge is 0.231 e. The van der Waals surface area contributed by atoms with E-state index < -0.39 is 21.4 Å². The molecular formula is C10H10O5S. The van der Waals surface area contributed by atoms with Crippen molar-refractivity contribution in [3.8, 4) is 11.5 Å². The fourth-order valence-electron chi connectivity index (χ4n) is 1.42. The molecule has 86 valence electrons. The minimum Gasteiger partial charge on any atom is -0.454 e. The third kappa shape index (κ3) is 2.01. The molecule has 0 saturated heterocycles. The number of benzene rings is 1. The number of hydrogen-bond donors (Lipinski definition) is 0. The lowest BCUT2D eigenvalue weighted by molar-refractivity contribution is -0.114. The van der Waals surface area contributed by atoms with Gasteiger partial charge in [-0.1, -0.05) is 0 Å².